The van der Waals surface area contributed by atoms with Crippen molar-refractivity contribution in [3.05, 3.63) is 30.3 Å². The van der Waals surface area contributed by atoms with Gasteiger partial charge in [0.25, 0.3) is 0 Å². The first kappa shape index (κ1) is 13.4. The minimum absolute atomic E-state index is 0.396. The molecule has 3 N–H and O–H groups in total. The molecular weight excluding hydrogens is 264 g/mol. The van der Waals surface area contributed by atoms with Crippen LogP contribution in [-0.4, -0.2) is 31.2 Å². The highest BCUT2D eigenvalue weighted by molar-refractivity contribution is 8.00. The Labute approximate surface area is 114 Å². The smallest absolute Gasteiger partial charge is 0.317 e. The molecule has 1 unspecified atom stereocenters. The van der Waals surface area contributed by atoms with Gasteiger partial charge in [-0.1, -0.05) is 49.0 Å². The van der Waals surface area contributed by atoms with Crippen LogP contribution in [0.25, 0.3) is 11.4 Å². The molecule has 100 valence electrons. The molecule has 0 aliphatic carbocycles. The molecule has 2 aromatic rings. The van der Waals surface area contributed by atoms with Gasteiger partial charge in [-0.05, 0) is 6.42 Å². The van der Waals surface area contributed by atoms with E-state index >= 15 is 0 Å². The maximum atomic E-state index is 11.0. The molecule has 0 amide bonds. The first-order valence-corrected chi connectivity index (χ1v) is 6.66. The molecule has 1 aromatic heterocycles. The number of thioether (sulfide) groups is 1. The first-order chi connectivity index (χ1) is 9.13. The van der Waals surface area contributed by atoms with E-state index in [4.69, 9.17) is 10.9 Å². The maximum absolute atomic E-state index is 11.0. The van der Waals surface area contributed by atoms with Crippen molar-refractivity contribution < 1.29 is 9.90 Å². The van der Waals surface area contributed by atoms with Crippen LogP contribution in [0.15, 0.2) is 35.5 Å². The summed E-state index contributed by atoms with van der Waals surface area (Å²) in [6.45, 7) is 1.81. The van der Waals surface area contributed by atoms with Gasteiger partial charge in [0, 0.05) is 5.56 Å². The van der Waals surface area contributed by atoms with Gasteiger partial charge in [-0.15, -0.1) is 10.2 Å². The summed E-state index contributed by atoms with van der Waals surface area (Å²) in [5.41, 5.74) is 0.840. The predicted octanol–water partition coefficient (Wildman–Crippen LogP) is 1.61. The third-order valence-electron chi connectivity index (χ3n) is 2.59. The van der Waals surface area contributed by atoms with E-state index in [-0.39, 0.29) is 0 Å². The number of nitrogen functional groups attached to an aromatic ring is 1. The van der Waals surface area contributed by atoms with Crippen LogP contribution in [0.4, 0.5) is 0 Å². The largest absolute Gasteiger partial charge is 0.480 e. The zero-order chi connectivity index (χ0) is 13.8. The van der Waals surface area contributed by atoms with Crippen LogP contribution in [0.3, 0.4) is 0 Å². The van der Waals surface area contributed by atoms with Crippen LogP contribution in [0, 0.1) is 0 Å². The number of nitrogens with two attached hydrogens (primary N) is 1. The van der Waals surface area contributed by atoms with Gasteiger partial charge in [0.1, 0.15) is 5.25 Å². The molecule has 0 aliphatic rings. The van der Waals surface area contributed by atoms with E-state index in [0.717, 1.165) is 17.3 Å². The summed E-state index contributed by atoms with van der Waals surface area (Å²) < 4.78 is 1.32. The van der Waals surface area contributed by atoms with Crippen LogP contribution in [0.1, 0.15) is 13.3 Å². The van der Waals surface area contributed by atoms with Gasteiger partial charge in [0.05, 0.1) is 0 Å². The van der Waals surface area contributed by atoms with E-state index in [2.05, 4.69) is 10.2 Å². The molecule has 2 rings (SSSR count). The molecule has 19 heavy (non-hydrogen) atoms. The molecule has 0 saturated heterocycles. The number of benzene rings is 1. The lowest BCUT2D eigenvalue weighted by Gasteiger charge is -2.08. The Hall–Kier alpha value is -2.02. The Morgan fingerprint density at radius 3 is 2.68 bits per heavy atom. The van der Waals surface area contributed by atoms with Crippen molar-refractivity contribution in [2.45, 2.75) is 23.8 Å². The number of carboxylic acids is 1. The molecular formula is C12H14N4O2S. The van der Waals surface area contributed by atoms with Crippen LogP contribution in [-0.2, 0) is 4.79 Å². The molecule has 6 nitrogen and oxygen atoms in total. The summed E-state index contributed by atoms with van der Waals surface area (Å²) >= 11 is 1.10. The molecule has 0 aliphatic heterocycles. The Balaban J connectivity index is 2.26. The number of hydrogen-bond acceptors (Lipinski definition) is 5. The molecule has 1 heterocycles. The fourth-order valence-corrected chi connectivity index (χ4v) is 2.39. The van der Waals surface area contributed by atoms with E-state index in [9.17, 15) is 4.79 Å². The Morgan fingerprint density at radius 2 is 2.11 bits per heavy atom. The van der Waals surface area contributed by atoms with Crippen LogP contribution >= 0.6 is 11.8 Å². The topological polar surface area (TPSA) is 94.0 Å². The third-order valence-corrected chi connectivity index (χ3v) is 3.90. The highest BCUT2D eigenvalue weighted by Crippen LogP contribution is 2.26. The van der Waals surface area contributed by atoms with Crippen molar-refractivity contribution in [1.82, 2.24) is 14.9 Å². The fraction of sp³-hybridized carbons (Fsp3) is 0.250. The van der Waals surface area contributed by atoms with Gasteiger partial charge in [-0.3, -0.25) is 4.79 Å². The number of aliphatic carboxylic acids is 1. The summed E-state index contributed by atoms with van der Waals surface area (Å²) in [5, 5.41) is 16.8. The number of aromatic nitrogens is 3. The molecule has 1 atom stereocenters. The summed E-state index contributed by atoms with van der Waals surface area (Å²) in [6.07, 6.45) is 0.494. The minimum Gasteiger partial charge on any atom is -0.480 e. The van der Waals surface area contributed by atoms with E-state index < -0.39 is 11.2 Å². The van der Waals surface area contributed by atoms with Crippen molar-refractivity contribution in [3.8, 4) is 11.4 Å². The minimum atomic E-state index is -0.878. The lowest BCUT2D eigenvalue weighted by molar-refractivity contribution is -0.136. The van der Waals surface area contributed by atoms with Crippen molar-refractivity contribution in [3.63, 3.8) is 0 Å². The molecule has 7 heteroatoms. The summed E-state index contributed by atoms with van der Waals surface area (Å²) in [6, 6.07) is 9.40. The van der Waals surface area contributed by atoms with E-state index in [1.807, 2.05) is 30.3 Å². The van der Waals surface area contributed by atoms with Crippen LogP contribution in [0.5, 0.6) is 0 Å². The lowest BCUT2D eigenvalue weighted by atomic mass is 10.2. The van der Waals surface area contributed by atoms with E-state index in [1.165, 1.54) is 4.68 Å². The highest BCUT2D eigenvalue weighted by Gasteiger charge is 2.21. The number of carbonyl (C=O) groups is 1. The summed E-state index contributed by atoms with van der Waals surface area (Å²) in [5.74, 6) is 5.56. The predicted molar refractivity (Wildman–Crippen MR) is 73.2 cm³/mol. The third kappa shape index (κ3) is 2.87. The van der Waals surface area contributed by atoms with Crippen molar-refractivity contribution in [2.24, 2.45) is 0 Å². The quantitative estimate of drug-likeness (QED) is 0.637. The van der Waals surface area contributed by atoms with Crippen molar-refractivity contribution >= 4 is 17.7 Å². The second-order valence-corrected chi connectivity index (χ2v) is 5.07. The zero-order valence-corrected chi connectivity index (χ0v) is 11.2. The van der Waals surface area contributed by atoms with Gasteiger partial charge in [0.15, 0.2) is 5.82 Å². The molecule has 0 spiro atoms. The van der Waals surface area contributed by atoms with Crippen molar-refractivity contribution in [2.75, 3.05) is 5.84 Å². The first-order valence-electron chi connectivity index (χ1n) is 5.78. The van der Waals surface area contributed by atoms with Gasteiger partial charge in [0.2, 0.25) is 5.16 Å². The van der Waals surface area contributed by atoms with Gasteiger partial charge >= 0.3 is 5.97 Å². The average molecular weight is 278 g/mol. The fourth-order valence-electron chi connectivity index (χ4n) is 1.58. The standard InChI is InChI=1S/C12H14N4O2S/c1-2-9(11(17)18)19-12-15-14-10(16(12)13)8-6-4-3-5-7-8/h3-7,9H,2,13H2,1H3,(H,17,18). The number of carboxylic acid groups (broad SMARTS) is 1. The maximum Gasteiger partial charge on any atom is 0.317 e. The Kier molecular flexibility index (Phi) is 4.06. The van der Waals surface area contributed by atoms with Crippen LogP contribution in [0.2, 0.25) is 0 Å². The second kappa shape index (κ2) is 5.75. The average Bonchev–Trinajstić information content (AvgIpc) is 2.78. The van der Waals surface area contributed by atoms with Crippen LogP contribution < -0.4 is 5.84 Å². The summed E-state index contributed by atoms with van der Waals surface area (Å²) in [4.78, 5) is 11.0. The molecule has 1 aromatic carbocycles. The molecule has 0 saturated carbocycles. The Morgan fingerprint density at radius 1 is 1.42 bits per heavy atom. The zero-order valence-electron chi connectivity index (χ0n) is 10.4. The van der Waals surface area contributed by atoms with E-state index in [1.54, 1.807) is 6.92 Å². The molecule has 0 bridgehead atoms. The lowest BCUT2D eigenvalue weighted by Crippen LogP contribution is -2.18. The van der Waals surface area contributed by atoms with Gasteiger partial charge in [-0.25, -0.2) is 4.68 Å². The number of hydrogen-bond donors (Lipinski definition) is 2. The van der Waals surface area contributed by atoms with Gasteiger partial charge in [-0.2, -0.15) is 0 Å². The van der Waals surface area contributed by atoms with Crippen molar-refractivity contribution in [1.29, 1.82) is 0 Å². The second-order valence-electron chi connectivity index (χ2n) is 3.90. The highest BCUT2D eigenvalue weighted by atomic mass is 32.2. The molecule has 0 fully saturated rings. The normalized spacial score (nSPS) is 12.3. The number of nitrogens with zero attached hydrogens (tertiary/aromatic N) is 3. The Bertz CT molecular complexity index is 570. The SMILES string of the molecule is CCC(Sc1nnc(-c2ccccc2)n1N)C(=O)O. The van der Waals surface area contributed by atoms with E-state index in [0.29, 0.717) is 17.4 Å². The van der Waals surface area contributed by atoms with Gasteiger partial charge < -0.3 is 10.9 Å². The number of rotatable bonds is 5. The monoisotopic (exact) mass is 278 g/mol. The molecule has 0 radical (unpaired) electrons. The summed E-state index contributed by atoms with van der Waals surface area (Å²) in [7, 11) is 0.